The van der Waals surface area contributed by atoms with Gasteiger partial charge in [-0.3, -0.25) is 0 Å². The van der Waals surface area contributed by atoms with Crippen LogP contribution in [0.1, 0.15) is 26.2 Å². The van der Waals surface area contributed by atoms with Crippen LogP contribution < -0.4 is 0 Å². The maximum atomic E-state index is 2.39. The molecule has 0 bridgehead atoms. The summed E-state index contributed by atoms with van der Waals surface area (Å²) in [5.41, 5.74) is 0. The van der Waals surface area contributed by atoms with Crippen molar-refractivity contribution in [3.8, 4) is 0 Å². The minimum Gasteiger partial charge on any atom is -0.235 e. The van der Waals surface area contributed by atoms with Gasteiger partial charge in [0.1, 0.15) is 7.05 Å². The molecule has 1 nitrogen and oxygen atoms in total. The minimum atomic E-state index is 0.722. The Morgan fingerprint density at radius 3 is 2.57 bits per heavy atom. The summed E-state index contributed by atoms with van der Waals surface area (Å²) in [5.74, 6) is 1.68. The van der Waals surface area contributed by atoms with Gasteiger partial charge < -0.3 is 0 Å². The van der Waals surface area contributed by atoms with Crippen LogP contribution in [-0.4, -0.2) is 23.9 Å². The van der Waals surface area contributed by atoms with E-state index in [1.807, 2.05) is 0 Å². The fourth-order valence-electron chi connectivity index (χ4n) is 2.68. The zero-order valence-electron chi connectivity index (χ0n) is 9.19. The Labute approximate surface area is 86.8 Å². The lowest BCUT2D eigenvalue weighted by atomic mass is 9.78. The summed E-state index contributed by atoms with van der Waals surface area (Å²) in [7, 11) is 2.21. The van der Waals surface area contributed by atoms with E-state index in [0.29, 0.717) is 0 Å². The molecule has 0 amide bonds. The number of rotatable bonds is 1. The second-order valence-electron chi connectivity index (χ2n) is 4.63. The van der Waals surface area contributed by atoms with E-state index in [9.17, 15) is 0 Å². The smallest absolute Gasteiger partial charge is 0.163 e. The Kier molecular flexibility index (Phi) is 2.85. The molecule has 0 aromatic carbocycles. The largest absolute Gasteiger partial charge is 0.235 e. The molecule has 14 heavy (non-hydrogen) atoms. The van der Waals surface area contributed by atoms with Crippen molar-refractivity contribution in [2.45, 2.75) is 32.2 Å². The van der Waals surface area contributed by atoms with Gasteiger partial charge in [0.25, 0.3) is 0 Å². The van der Waals surface area contributed by atoms with E-state index in [2.05, 4.69) is 49.1 Å². The number of allylic oxidation sites excluding steroid dienone is 3. The van der Waals surface area contributed by atoms with Crippen molar-refractivity contribution < 1.29 is 4.58 Å². The van der Waals surface area contributed by atoms with Gasteiger partial charge in [-0.15, -0.1) is 0 Å². The van der Waals surface area contributed by atoms with Crippen LogP contribution in [0.15, 0.2) is 24.3 Å². The molecule has 76 valence electrons. The van der Waals surface area contributed by atoms with E-state index < -0.39 is 0 Å². The highest BCUT2D eigenvalue weighted by molar-refractivity contribution is 5.66. The van der Waals surface area contributed by atoms with Crippen molar-refractivity contribution in [3.05, 3.63) is 24.3 Å². The lowest BCUT2D eigenvalue weighted by molar-refractivity contribution is -0.545. The zero-order valence-corrected chi connectivity index (χ0v) is 9.19. The van der Waals surface area contributed by atoms with Crippen molar-refractivity contribution in [3.63, 3.8) is 0 Å². The monoisotopic (exact) mass is 190 g/mol. The molecule has 2 rings (SSSR count). The Hall–Kier alpha value is -0.850. The predicted molar refractivity (Wildman–Crippen MR) is 60.8 cm³/mol. The topological polar surface area (TPSA) is 3.01 Å². The first-order chi connectivity index (χ1) is 6.79. The fraction of sp³-hybridized carbons (Fsp3) is 0.615. The van der Waals surface area contributed by atoms with Gasteiger partial charge in [-0.05, 0) is 24.8 Å². The molecule has 0 radical (unpaired) electrons. The number of hydrogen-bond acceptors (Lipinski definition) is 0. The SMILES string of the molecule is C[C@@H]1CC=CCC1C1CC=CC=[N+]1C. The zero-order chi connectivity index (χ0) is 9.97. The maximum Gasteiger partial charge on any atom is 0.163 e. The summed E-state index contributed by atoms with van der Waals surface area (Å²) < 4.78 is 2.39. The highest BCUT2D eigenvalue weighted by Gasteiger charge is 2.32. The molecular weight excluding hydrogens is 170 g/mol. The lowest BCUT2D eigenvalue weighted by Gasteiger charge is -2.30. The molecule has 1 aliphatic heterocycles. The van der Waals surface area contributed by atoms with Crippen LogP contribution >= 0.6 is 0 Å². The van der Waals surface area contributed by atoms with Gasteiger partial charge in [-0.2, -0.15) is 0 Å². The summed E-state index contributed by atoms with van der Waals surface area (Å²) in [6, 6.07) is 0.722. The first kappa shape index (κ1) is 9.70. The maximum absolute atomic E-state index is 2.39. The Morgan fingerprint density at radius 1 is 1.07 bits per heavy atom. The van der Waals surface area contributed by atoms with Gasteiger partial charge in [0, 0.05) is 12.3 Å². The first-order valence-electron chi connectivity index (χ1n) is 5.66. The van der Waals surface area contributed by atoms with Gasteiger partial charge in [-0.1, -0.05) is 25.2 Å². The Morgan fingerprint density at radius 2 is 1.86 bits per heavy atom. The lowest BCUT2D eigenvalue weighted by Crippen LogP contribution is -2.37. The van der Waals surface area contributed by atoms with Crippen LogP contribution in [0.5, 0.6) is 0 Å². The molecule has 2 aliphatic rings. The molecule has 2 unspecified atom stereocenters. The van der Waals surface area contributed by atoms with Gasteiger partial charge in [-0.25, -0.2) is 4.58 Å². The normalized spacial score (nSPS) is 37.0. The van der Waals surface area contributed by atoms with Crippen molar-refractivity contribution >= 4 is 6.21 Å². The summed E-state index contributed by atoms with van der Waals surface area (Å²) in [5, 5.41) is 0. The molecule has 1 heteroatoms. The molecule has 0 saturated carbocycles. The standard InChI is InChI=1S/C13H20N/c1-11-7-3-4-8-12(11)13-9-5-6-10-14(13)2/h3-6,10-13H,7-9H2,1-2H3/q+1/t11-,12?,13?/m1/s1. The van der Waals surface area contributed by atoms with E-state index in [1.54, 1.807) is 0 Å². The van der Waals surface area contributed by atoms with Crippen LogP contribution in [-0.2, 0) is 0 Å². The molecule has 3 atom stereocenters. The Balaban J connectivity index is 2.11. The van der Waals surface area contributed by atoms with Crippen molar-refractivity contribution in [1.29, 1.82) is 0 Å². The highest BCUT2D eigenvalue weighted by atomic mass is 15.0. The van der Waals surface area contributed by atoms with E-state index in [0.717, 1.165) is 17.9 Å². The Bertz CT molecular complexity index is 286. The van der Waals surface area contributed by atoms with Crippen LogP contribution in [0.2, 0.25) is 0 Å². The van der Waals surface area contributed by atoms with Crippen molar-refractivity contribution in [2.75, 3.05) is 7.05 Å². The van der Waals surface area contributed by atoms with E-state index in [-0.39, 0.29) is 0 Å². The predicted octanol–water partition coefficient (Wildman–Crippen LogP) is 2.63. The quantitative estimate of drug-likeness (QED) is 0.442. The minimum absolute atomic E-state index is 0.722. The molecule has 0 spiro atoms. The van der Waals surface area contributed by atoms with E-state index in [4.69, 9.17) is 0 Å². The van der Waals surface area contributed by atoms with Gasteiger partial charge in [0.15, 0.2) is 12.3 Å². The number of nitrogens with zero attached hydrogens (tertiary/aromatic N) is 1. The third kappa shape index (κ3) is 1.82. The molecule has 1 aliphatic carbocycles. The molecule has 0 fully saturated rings. The van der Waals surface area contributed by atoms with E-state index >= 15 is 0 Å². The second kappa shape index (κ2) is 4.12. The van der Waals surface area contributed by atoms with Crippen LogP contribution in [0.4, 0.5) is 0 Å². The average molecular weight is 190 g/mol. The molecule has 0 aromatic heterocycles. The molecule has 1 heterocycles. The molecule has 0 saturated heterocycles. The third-order valence-electron chi connectivity index (χ3n) is 3.67. The highest BCUT2D eigenvalue weighted by Crippen LogP contribution is 2.31. The summed E-state index contributed by atoms with van der Waals surface area (Å²) >= 11 is 0. The molecular formula is C13H20N+. The first-order valence-corrected chi connectivity index (χ1v) is 5.66. The summed E-state index contributed by atoms with van der Waals surface area (Å²) in [6.45, 7) is 2.39. The van der Waals surface area contributed by atoms with Gasteiger partial charge >= 0.3 is 0 Å². The summed E-state index contributed by atoms with van der Waals surface area (Å²) in [4.78, 5) is 0. The van der Waals surface area contributed by atoms with Crippen LogP contribution in [0.3, 0.4) is 0 Å². The van der Waals surface area contributed by atoms with Crippen molar-refractivity contribution in [1.82, 2.24) is 0 Å². The summed E-state index contributed by atoms with van der Waals surface area (Å²) in [6.07, 6.45) is 15.1. The number of hydrogen-bond donors (Lipinski definition) is 0. The fourth-order valence-corrected chi connectivity index (χ4v) is 2.68. The third-order valence-corrected chi connectivity index (χ3v) is 3.67. The molecule has 0 aromatic rings. The van der Waals surface area contributed by atoms with Gasteiger partial charge in [0.05, 0.1) is 0 Å². The van der Waals surface area contributed by atoms with E-state index in [1.165, 1.54) is 19.3 Å². The molecule has 0 N–H and O–H groups in total. The van der Waals surface area contributed by atoms with Gasteiger partial charge in [0.2, 0.25) is 0 Å². The average Bonchev–Trinajstić information content (AvgIpc) is 2.20. The van der Waals surface area contributed by atoms with Crippen LogP contribution in [0.25, 0.3) is 0 Å². The second-order valence-corrected chi connectivity index (χ2v) is 4.63. The van der Waals surface area contributed by atoms with Crippen LogP contribution in [0, 0.1) is 11.8 Å². The van der Waals surface area contributed by atoms with Crippen molar-refractivity contribution in [2.24, 2.45) is 11.8 Å².